The molecule has 1 atom stereocenters. The molecule has 0 saturated carbocycles. The van der Waals surface area contributed by atoms with Crippen molar-refractivity contribution in [2.75, 3.05) is 10.6 Å². The quantitative estimate of drug-likeness (QED) is 0.536. The van der Waals surface area contributed by atoms with E-state index in [0.29, 0.717) is 0 Å². The molecule has 28 heavy (non-hydrogen) atoms. The van der Waals surface area contributed by atoms with Crippen LogP contribution in [-0.4, -0.2) is 31.5 Å². The van der Waals surface area contributed by atoms with E-state index < -0.39 is 26.9 Å². The standard InChI is InChI=1S/C19H23N3O5S/c1-4-18(19(23)20-13-15-9-6-5-8-14(15)2)21(28(3,26)27)16-10-7-11-17(12-16)22(24)25/h5-12,18H,4,13H2,1-3H3,(H,20,23)/t18-/m1/s1. The number of nitrogens with one attached hydrogen (secondary N) is 1. The first-order valence-electron chi connectivity index (χ1n) is 8.71. The second kappa shape index (κ2) is 8.83. The van der Waals surface area contributed by atoms with E-state index >= 15 is 0 Å². The number of anilines is 1. The number of rotatable bonds is 8. The SMILES string of the molecule is CC[C@H](C(=O)NCc1ccccc1C)N(c1cccc([N+](=O)[O-])c1)S(C)(=O)=O. The van der Waals surface area contributed by atoms with E-state index in [9.17, 15) is 23.3 Å². The summed E-state index contributed by atoms with van der Waals surface area (Å²) in [6.07, 6.45) is 1.18. The van der Waals surface area contributed by atoms with E-state index in [0.717, 1.165) is 27.8 Å². The highest BCUT2D eigenvalue weighted by atomic mass is 32.2. The molecule has 0 radical (unpaired) electrons. The van der Waals surface area contributed by atoms with Gasteiger partial charge >= 0.3 is 0 Å². The lowest BCUT2D eigenvalue weighted by Gasteiger charge is -2.30. The average Bonchev–Trinajstić information content (AvgIpc) is 2.64. The van der Waals surface area contributed by atoms with Gasteiger partial charge in [0.1, 0.15) is 6.04 Å². The van der Waals surface area contributed by atoms with Gasteiger partial charge in [-0.15, -0.1) is 0 Å². The molecule has 0 heterocycles. The van der Waals surface area contributed by atoms with Gasteiger partial charge in [0.05, 0.1) is 16.9 Å². The largest absolute Gasteiger partial charge is 0.350 e. The van der Waals surface area contributed by atoms with Gasteiger partial charge in [0.15, 0.2) is 0 Å². The van der Waals surface area contributed by atoms with E-state index in [4.69, 9.17) is 0 Å². The Labute approximate surface area is 164 Å². The van der Waals surface area contributed by atoms with Gasteiger partial charge in [-0.1, -0.05) is 37.3 Å². The molecule has 2 aromatic carbocycles. The van der Waals surface area contributed by atoms with Gasteiger partial charge in [-0.2, -0.15) is 0 Å². The third kappa shape index (κ3) is 5.07. The number of hydrogen-bond acceptors (Lipinski definition) is 5. The summed E-state index contributed by atoms with van der Waals surface area (Å²) in [5.74, 6) is -0.470. The number of hydrogen-bond donors (Lipinski definition) is 1. The summed E-state index contributed by atoms with van der Waals surface area (Å²) < 4.78 is 25.8. The summed E-state index contributed by atoms with van der Waals surface area (Å²) in [6, 6.07) is 11.8. The van der Waals surface area contributed by atoms with Crippen LogP contribution in [0.3, 0.4) is 0 Å². The Hall–Kier alpha value is -2.94. The molecule has 0 aliphatic carbocycles. The lowest BCUT2D eigenvalue weighted by molar-refractivity contribution is -0.384. The summed E-state index contributed by atoms with van der Waals surface area (Å²) in [6.45, 7) is 3.87. The van der Waals surface area contributed by atoms with Crippen LogP contribution in [0.4, 0.5) is 11.4 Å². The molecule has 0 aliphatic rings. The fourth-order valence-corrected chi connectivity index (χ4v) is 4.12. The molecule has 1 amide bonds. The highest BCUT2D eigenvalue weighted by Gasteiger charge is 2.32. The third-order valence-corrected chi connectivity index (χ3v) is 5.52. The molecular weight excluding hydrogens is 382 g/mol. The second-order valence-electron chi connectivity index (χ2n) is 6.40. The number of sulfonamides is 1. The van der Waals surface area contributed by atoms with Crippen LogP contribution in [0.5, 0.6) is 0 Å². The van der Waals surface area contributed by atoms with Gasteiger partial charge < -0.3 is 5.32 Å². The molecule has 9 heteroatoms. The van der Waals surface area contributed by atoms with Crippen LogP contribution in [0.25, 0.3) is 0 Å². The van der Waals surface area contributed by atoms with Crippen LogP contribution in [0.2, 0.25) is 0 Å². The molecule has 8 nitrogen and oxygen atoms in total. The number of nitro groups is 1. The Balaban J connectivity index is 2.33. The number of nitrogens with zero attached hydrogens (tertiary/aromatic N) is 2. The van der Waals surface area contributed by atoms with Crippen LogP contribution >= 0.6 is 0 Å². The summed E-state index contributed by atoms with van der Waals surface area (Å²) in [4.78, 5) is 23.2. The Bertz CT molecular complexity index is 975. The Morgan fingerprint density at radius 2 is 1.89 bits per heavy atom. The fourth-order valence-electron chi connectivity index (χ4n) is 2.91. The molecule has 0 bridgehead atoms. The molecule has 0 unspecified atom stereocenters. The zero-order chi connectivity index (χ0) is 20.9. The maximum Gasteiger partial charge on any atom is 0.271 e. The molecular formula is C19H23N3O5S. The highest BCUT2D eigenvalue weighted by molar-refractivity contribution is 7.92. The monoisotopic (exact) mass is 405 g/mol. The fraction of sp³-hybridized carbons (Fsp3) is 0.316. The van der Waals surface area contributed by atoms with Crippen molar-refractivity contribution in [3.63, 3.8) is 0 Å². The van der Waals surface area contributed by atoms with Crippen LogP contribution < -0.4 is 9.62 Å². The number of nitro benzene ring substituents is 1. The smallest absolute Gasteiger partial charge is 0.271 e. The van der Waals surface area contributed by atoms with E-state index in [1.54, 1.807) is 6.92 Å². The van der Waals surface area contributed by atoms with Gasteiger partial charge in [0.25, 0.3) is 5.69 Å². The molecule has 0 spiro atoms. The molecule has 2 rings (SSSR count). The van der Waals surface area contributed by atoms with Crippen molar-refractivity contribution in [3.05, 3.63) is 69.8 Å². The van der Waals surface area contributed by atoms with Crippen LogP contribution in [0.15, 0.2) is 48.5 Å². The summed E-state index contributed by atoms with van der Waals surface area (Å²) in [7, 11) is -3.86. The zero-order valence-electron chi connectivity index (χ0n) is 16.0. The Morgan fingerprint density at radius 3 is 2.46 bits per heavy atom. The topological polar surface area (TPSA) is 110 Å². The number of carbonyl (C=O) groups excluding carboxylic acids is 1. The van der Waals surface area contributed by atoms with E-state index in [1.807, 2.05) is 31.2 Å². The molecule has 0 fully saturated rings. The minimum atomic E-state index is -3.86. The van der Waals surface area contributed by atoms with Crippen molar-refractivity contribution >= 4 is 27.3 Å². The van der Waals surface area contributed by atoms with Crippen molar-refractivity contribution in [1.82, 2.24) is 5.32 Å². The number of benzene rings is 2. The number of aryl methyl sites for hydroxylation is 1. The molecule has 0 aliphatic heterocycles. The number of non-ortho nitro benzene ring substituents is 1. The van der Waals surface area contributed by atoms with Crippen LogP contribution in [-0.2, 0) is 21.4 Å². The Kier molecular flexibility index (Phi) is 6.74. The zero-order valence-corrected chi connectivity index (χ0v) is 16.8. The van der Waals surface area contributed by atoms with Crippen molar-refractivity contribution in [2.45, 2.75) is 32.9 Å². The first-order valence-corrected chi connectivity index (χ1v) is 10.6. The van der Waals surface area contributed by atoms with Gasteiger partial charge in [-0.05, 0) is 30.5 Å². The van der Waals surface area contributed by atoms with E-state index in [1.165, 1.54) is 18.2 Å². The van der Waals surface area contributed by atoms with E-state index in [2.05, 4.69) is 5.32 Å². The van der Waals surface area contributed by atoms with Crippen molar-refractivity contribution < 1.29 is 18.1 Å². The van der Waals surface area contributed by atoms with E-state index in [-0.39, 0.29) is 24.3 Å². The third-order valence-electron chi connectivity index (χ3n) is 4.34. The first kappa shape index (κ1) is 21.4. The predicted molar refractivity (Wildman–Crippen MR) is 108 cm³/mol. The maximum absolute atomic E-state index is 12.8. The molecule has 0 saturated heterocycles. The van der Waals surface area contributed by atoms with Gasteiger partial charge in [0, 0.05) is 18.7 Å². The normalized spacial score (nSPS) is 12.2. The average molecular weight is 405 g/mol. The molecule has 0 aromatic heterocycles. The minimum absolute atomic E-state index is 0.0783. The summed E-state index contributed by atoms with van der Waals surface area (Å²) in [5, 5.41) is 13.8. The van der Waals surface area contributed by atoms with Crippen LogP contribution in [0, 0.1) is 17.0 Å². The van der Waals surface area contributed by atoms with Crippen molar-refractivity contribution in [2.24, 2.45) is 0 Å². The Morgan fingerprint density at radius 1 is 1.21 bits per heavy atom. The first-order chi connectivity index (χ1) is 13.1. The molecule has 2 aromatic rings. The van der Waals surface area contributed by atoms with Gasteiger partial charge in [-0.25, -0.2) is 8.42 Å². The highest BCUT2D eigenvalue weighted by Crippen LogP contribution is 2.26. The van der Waals surface area contributed by atoms with Gasteiger partial charge in [0.2, 0.25) is 15.9 Å². The lowest BCUT2D eigenvalue weighted by Crippen LogP contribution is -2.49. The lowest BCUT2D eigenvalue weighted by atomic mass is 10.1. The minimum Gasteiger partial charge on any atom is -0.350 e. The number of amides is 1. The van der Waals surface area contributed by atoms with Gasteiger partial charge in [-0.3, -0.25) is 19.2 Å². The summed E-state index contributed by atoms with van der Waals surface area (Å²) in [5.41, 5.74) is 1.76. The second-order valence-corrected chi connectivity index (χ2v) is 8.26. The summed E-state index contributed by atoms with van der Waals surface area (Å²) >= 11 is 0. The van der Waals surface area contributed by atoms with Crippen molar-refractivity contribution in [1.29, 1.82) is 0 Å². The maximum atomic E-state index is 12.8. The molecule has 150 valence electrons. The molecule has 1 N–H and O–H groups in total. The van der Waals surface area contributed by atoms with Crippen molar-refractivity contribution in [3.8, 4) is 0 Å². The predicted octanol–water partition coefficient (Wildman–Crippen LogP) is 2.76. The van der Waals surface area contributed by atoms with Crippen LogP contribution in [0.1, 0.15) is 24.5 Å². The number of carbonyl (C=O) groups is 1.